The first-order chi connectivity index (χ1) is 14.4. The van der Waals surface area contributed by atoms with Crippen LogP contribution in [0.25, 0.3) is 0 Å². The van der Waals surface area contributed by atoms with E-state index in [1.165, 1.54) is 12.2 Å². The van der Waals surface area contributed by atoms with Crippen molar-refractivity contribution in [3.63, 3.8) is 0 Å². The molecule has 1 aliphatic heterocycles. The van der Waals surface area contributed by atoms with Crippen LogP contribution in [0.5, 0.6) is 0 Å². The molecule has 1 N–H and O–H groups in total. The maximum Gasteiger partial charge on any atom is 0.193 e. The number of allylic oxidation sites excluding steroid dienone is 4. The van der Waals surface area contributed by atoms with Crippen molar-refractivity contribution in [1.29, 1.82) is 0 Å². The molecule has 0 aromatic rings. The van der Waals surface area contributed by atoms with Gasteiger partial charge in [-0.15, -0.1) is 0 Å². The normalized spacial score (nSPS) is 49.7. The highest BCUT2D eigenvalue weighted by atomic mass is 19.1. The maximum atomic E-state index is 15.4. The van der Waals surface area contributed by atoms with E-state index < -0.39 is 52.8 Å². The van der Waals surface area contributed by atoms with E-state index in [1.807, 2.05) is 13.8 Å². The molecule has 7 heteroatoms. The third-order valence-electron chi connectivity index (χ3n) is 8.79. The summed E-state index contributed by atoms with van der Waals surface area (Å²) in [7, 11) is 0. The summed E-state index contributed by atoms with van der Waals surface area (Å²) >= 11 is 0. The van der Waals surface area contributed by atoms with E-state index in [-0.39, 0.29) is 36.2 Å². The van der Waals surface area contributed by atoms with E-state index >= 15 is 4.39 Å². The number of rotatable bonds is 2. The number of hydrogen-bond donors (Lipinski definition) is 1. The molecule has 1 heterocycles. The Morgan fingerprint density at radius 2 is 1.94 bits per heavy atom. The van der Waals surface area contributed by atoms with Gasteiger partial charge in [-0.05, 0) is 56.3 Å². The molecule has 6 nitrogen and oxygen atoms in total. The van der Waals surface area contributed by atoms with E-state index in [2.05, 4.69) is 0 Å². The van der Waals surface area contributed by atoms with Crippen molar-refractivity contribution in [2.45, 2.75) is 70.6 Å². The lowest BCUT2D eigenvalue weighted by Gasteiger charge is -2.57. The Morgan fingerprint density at radius 1 is 1.23 bits per heavy atom. The molecular weight excluding hydrogens is 403 g/mol. The van der Waals surface area contributed by atoms with E-state index in [9.17, 15) is 19.5 Å². The third kappa shape index (κ3) is 2.45. The van der Waals surface area contributed by atoms with Gasteiger partial charge < -0.3 is 14.6 Å². The second-order valence-corrected chi connectivity index (χ2v) is 10.8. The number of alkyl halides is 1. The standard InChI is InChI=1S/C24H29FO6/c1-21(2)30-19-9-14-13-8-16(25)15-7-12(27)5-6-22(15,3)20(13)17(28)10-23(14,4)24(19,31-21)18(29)11-26/h5-7,13-14,16,19-20,26H,8-11H2,1-4H3. The summed E-state index contributed by atoms with van der Waals surface area (Å²) in [6, 6.07) is 0. The van der Waals surface area contributed by atoms with Crippen molar-refractivity contribution in [3.05, 3.63) is 23.8 Å². The van der Waals surface area contributed by atoms with Crippen molar-refractivity contribution in [1.82, 2.24) is 0 Å². The average molecular weight is 432 g/mol. The van der Waals surface area contributed by atoms with Crippen molar-refractivity contribution < 1.29 is 33.4 Å². The summed E-state index contributed by atoms with van der Waals surface area (Å²) in [4.78, 5) is 38.7. The number of Topliss-reactive ketones (excluding diaryl/α,β-unsaturated/α-hetero) is 2. The minimum atomic E-state index is -1.43. The van der Waals surface area contributed by atoms with Gasteiger partial charge in [-0.1, -0.05) is 19.9 Å². The van der Waals surface area contributed by atoms with Crippen LogP contribution >= 0.6 is 0 Å². The highest BCUT2D eigenvalue weighted by molar-refractivity contribution is 6.02. The minimum absolute atomic E-state index is 0.0536. The number of aliphatic hydroxyl groups is 1. The highest BCUT2D eigenvalue weighted by Crippen LogP contribution is 2.69. The van der Waals surface area contributed by atoms with E-state index in [0.717, 1.165) is 0 Å². The molecule has 31 heavy (non-hydrogen) atoms. The van der Waals surface area contributed by atoms with Crippen LogP contribution in [0.2, 0.25) is 0 Å². The first kappa shape index (κ1) is 21.2. The Balaban J connectivity index is 1.63. The molecule has 1 saturated heterocycles. The first-order valence-corrected chi connectivity index (χ1v) is 11.0. The fourth-order valence-corrected chi connectivity index (χ4v) is 7.76. The Morgan fingerprint density at radius 3 is 2.61 bits per heavy atom. The fourth-order valence-electron chi connectivity index (χ4n) is 7.76. The van der Waals surface area contributed by atoms with Crippen LogP contribution in [-0.4, -0.2) is 52.7 Å². The van der Waals surface area contributed by atoms with Crippen molar-refractivity contribution in [2.24, 2.45) is 28.6 Å². The molecule has 3 saturated carbocycles. The van der Waals surface area contributed by atoms with Gasteiger partial charge in [-0.2, -0.15) is 0 Å². The number of fused-ring (bicyclic) bond motifs is 7. The molecule has 5 aliphatic rings. The second kappa shape index (κ2) is 6.21. The Kier molecular flexibility index (Phi) is 4.24. The van der Waals surface area contributed by atoms with Gasteiger partial charge in [0.05, 0.1) is 6.10 Å². The number of carbonyl (C=O) groups excluding carboxylic acids is 3. The summed E-state index contributed by atoms with van der Waals surface area (Å²) < 4.78 is 27.8. The summed E-state index contributed by atoms with van der Waals surface area (Å²) in [6.07, 6.45) is 3.19. The van der Waals surface area contributed by atoms with Crippen LogP contribution in [0.1, 0.15) is 47.0 Å². The number of carbonyl (C=O) groups is 3. The lowest BCUT2D eigenvalue weighted by Crippen LogP contribution is -2.63. The van der Waals surface area contributed by atoms with Gasteiger partial charge in [0, 0.05) is 23.2 Å². The van der Waals surface area contributed by atoms with Gasteiger partial charge in [-0.25, -0.2) is 4.39 Å². The van der Waals surface area contributed by atoms with E-state index in [0.29, 0.717) is 12.0 Å². The van der Waals surface area contributed by atoms with Crippen molar-refractivity contribution >= 4 is 17.3 Å². The second-order valence-electron chi connectivity index (χ2n) is 10.8. The molecule has 4 aliphatic carbocycles. The van der Waals surface area contributed by atoms with Crippen molar-refractivity contribution in [3.8, 4) is 0 Å². The monoisotopic (exact) mass is 432 g/mol. The molecule has 0 aromatic carbocycles. The predicted octanol–water partition coefficient (Wildman–Crippen LogP) is 2.48. The molecule has 0 spiro atoms. The Bertz CT molecular complexity index is 952. The van der Waals surface area contributed by atoms with Gasteiger partial charge in [0.2, 0.25) is 0 Å². The van der Waals surface area contributed by atoms with Crippen LogP contribution in [0.15, 0.2) is 23.8 Å². The van der Waals surface area contributed by atoms with Crippen LogP contribution in [0.4, 0.5) is 4.39 Å². The molecule has 0 amide bonds. The topological polar surface area (TPSA) is 89.9 Å². The summed E-state index contributed by atoms with van der Waals surface area (Å²) in [5.74, 6) is -2.79. The summed E-state index contributed by atoms with van der Waals surface area (Å²) in [6.45, 7) is 6.45. The lowest BCUT2D eigenvalue weighted by atomic mass is 9.46. The van der Waals surface area contributed by atoms with Crippen LogP contribution in [0, 0.1) is 28.6 Å². The van der Waals surface area contributed by atoms with Gasteiger partial charge in [-0.3, -0.25) is 14.4 Å². The zero-order valence-electron chi connectivity index (χ0n) is 18.3. The lowest BCUT2D eigenvalue weighted by molar-refractivity contribution is -0.214. The number of aliphatic hydroxyl groups excluding tert-OH is 1. The van der Waals surface area contributed by atoms with Gasteiger partial charge in [0.15, 0.2) is 23.0 Å². The Hall–Kier alpha value is -1.70. The summed E-state index contributed by atoms with van der Waals surface area (Å²) in [5.41, 5.74) is -2.82. The minimum Gasteiger partial charge on any atom is -0.388 e. The molecule has 8 unspecified atom stereocenters. The molecule has 5 rings (SSSR count). The molecule has 4 fully saturated rings. The average Bonchev–Trinajstić information content (AvgIpc) is 3.08. The van der Waals surface area contributed by atoms with Gasteiger partial charge >= 0.3 is 0 Å². The zero-order chi connectivity index (χ0) is 22.6. The third-order valence-corrected chi connectivity index (χ3v) is 8.79. The Labute approximate surface area is 180 Å². The number of hydrogen-bond acceptors (Lipinski definition) is 6. The SMILES string of the molecule is CC1(C)OC2CC3C4CC(F)C5=CC(=O)C=CC5(C)C4C(=O)CC3(C)C2(C(=O)CO)O1. The summed E-state index contributed by atoms with van der Waals surface area (Å²) in [5, 5.41) is 9.79. The number of ether oxygens (including phenoxy) is 2. The quantitative estimate of drug-likeness (QED) is 0.721. The molecule has 168 valence electrons. The molecule has 0 bridgehead atoms. The fraction of sp³-hybridized carbons (Fsp3) is 0.708. The molecule has 0 aromatic heterocycles. The van der Waals surface area contributed by atoms with Crippen LogP contribution in [0.3, 0.4) is 0 Å². The van der Waals surface area contributed by atoms with E-state index in [1.54, 1.807) is 19.9 Å². The van der Waals surface area contributed by atoms with Crippen molar-refractivity contribution in [2.75, 3.05) is 6.61 Å². The highest BCUT2D eigenvalue weighted by Gasteiger charge is 2.77. The molecular formula is C24H29FO6. The largest absolute Gasteiger partial charge is 0.388 e. The van der Waals surface area contributed by atoms with Crippen LogP contribution in [-0.2, 0) is 23.9 Å². The predicted molar refractivity (Wildman–Crippen MR) is 108 cm³/mol. The molecule has 8 atom stereocenters. The van der Waals surface area contributed by atoms with Crippen LogP contribution < -0.4 is 0 Å². The maximum absolute atomic E-state index is 15.4. The molecule has 0 radical (unpaired) electrons. The van der Waals surface area contributed by atoms with Gasteiger partial charge in [0.25, 0.3) is 0 Å². The van der Waals surface area contributed by atoms with Gasteiger partial charge in [0.1, 0.15) is 18.6 Å². The smallest absolute Gasteiger partial charge is 0.193 e. The number of ketones is 3. The zero-order valence-corrected chi connectivity index (χ0v) is 18.3. The van der Waals surface area contributed by atoms with E-state index in [4.69, 9.17) is 9.47 Å². The number of halogens is 1. The first-order valence-electron chi connectivity index (χ1n) is 11.0.